The summed E-state index contributed by atoms with van der Waals surface area (Å²) in [7, 11) is 0. The van der Waals surface area contributed by atoms with Crippen molar-refractivity contribution in [3.63, 3.8) is 0 Å². The number of hydrogen-bond donors (Lipinski definition) is 1. The molecule has 0 unspecified atom stereocenters. The first-order valence-corrected chi connectivity index (χ1v) is 5.71. The summed E-state index contributed by atoms with van der Waals surface area (Å²) in [6, 6.07) is 14.1. The number of hydrogen-bond acceptors (Lipinski definition) is 3. The minimum atomic E-state index is 0.712. The van der Waals surface area contributed by atoms with Crippen LogP contribution in [0.2, 0.25) is 0 Å². The number of anilines is 1. The maximum absolute atomic E-state index is 5.56. The van der Waals surface area contributed by atoms with Crippen LogP contribution in [0.4, 0.5) is 5.69 Å². The molecule has 15 heavy (non-hydrogen) atoms. The first kappa shape index (κ1) is 10.1. The van der Waals surface area contributed by atoms with Crippen molar-refractivity contribution in [2.24, 2.45) is 0 Å². The molecule has 1 aromatic carbocycles. The van der Waals surface area contributed by atoms with Crippen molar-refractivity contribution in [2.75, 3.05) is 5.73 Å². The first-order chi connectivity index (χ1) is 7.34. The van der Waals surface area contributed by atoms with Gasteiger partial charge in [-0.2, -0.15) is 0 Å². The quantitative estimate of drug-likeness (QED) is 0.802. The standard InChI is InChI=1S/C12H12N2S/c13-10-6-7-11(14-8-10)9-15-12-4-2-1-3-5-12/h1-8H,9,13H2. The van der Waals surface area contributed by atoms with E-state index in [1.54, 1.807) is 18.0 Å². The predicted molar refractivity (Wildman–Crippen MR) is 64.7 cm³/mol. The van der Waals surface area contributed by atoms with Crippen molar-refractivity contribution in [3.05, 3.63) is 54.4 Å². The van der Waals surface area contributed by atoms with Gasteiger partial charge in [0.25, 0.3) is 0 Å². The zero-order chi connectivity index (χ0) is 10.5. The maximum atomic E-state index is 5.56. The zero-order valence-electron chi connectivity index (χ0n) is 8.26. The molecule has 0 bridgehead atoms. The summed E-state index contributed by atoms with van der Waals surface area (Å²) >= 11 is 1.78. The molecule has 2 nitrogen and oxygen atoms in total. The van der Waals surface area contributed by atoms with E-state index in [2.05, 4.69) is 17.1 Å². The van der Waals surface area contributed by atoms with Crippen molar-refractivity contribution in [2.45, 2.75) is 10.6 Å². The molecule has 0 aliphatic rings. The highest BCUT2D eigenvalue weighted by atomic mass is 32.2. The summed E-state index contributed by atoms with van der Waals surface area (Å²) in [6.07, 6.45) is 1.70. The summed E-state index contributed by atoms with van der Waals surface area (Å²) in [5, 5.41) is 0. The lowest BCUT2D eigenvalue weighted by atomic mass is 10.3. The molecule has 1 aromatic heterocycles. The second-order valence-corrected chi connectivity index (χ2v) is 4.23. The van der Waals surface area contributed by atoms with Crippen LogP contribution in [-0.4, -0.2) is 4.98 Å². The molecule has 1 heterocycles. The minimum absolute atomic E-state index is 0.712. The van der Waals surface area contributed by atoms with Crippen LogP contribution >= 0.6 is 11.8 Å². The van der Waals surface area contributed by atoms with Crippen molar-refractivity contribution < 1.29 is 0 Å². The zero-order valence-corrected chi connectivity index (χ0v) is 9.08. The van der Waals surface area contributed by atoms with Gasteiger partial charge < -0.3 is 5.73 Å². The van der Waals surface area contributed by atoms with Crippen molar-refractivity contribution in [3.8, 4) is 0 Å². The van der Waals surface area contributed by atoms with Gasteiger partial charge in [-0.05, 0) is 24.3 Å². The highest BCUT2D eigenvalue weighted by molar-refractivity contribution is 7.98. The molecule has 2 N–H and O–H groups in total. The van der Waals surface area contributed by atoms with E-state index in [9.17, 15) is 0 Å². The highest BCUT2D eigenvalue weighted by Gasteiger charge is 1.96. The lowest BCUT2D eigenvalue weighted by Gasteiger charge is -2.01. The molecule has 76 valence electrons. The van der Waals surface area contributed by atoms with Gasteiger partial charge in [0.05, 0.1) is 17.6 Å². The SMILES string of the molecule is Nc1ccc(CSc2ccccc2)nc1. The van der Waals surface area contributed by atoms with E-state index in [0.29, 0.717) is 5.69 Å². The van der Waals surface area contributed by atoms with Crippen LogP contribution in [0.3, 0.4) is 0 Å². The van der Waals surface area contributed by atoms with Crippen LogP contribution in [-0.2, 0) is 5.75 Å². The molecular formula is C12H12N2S. The van der Waals surface area contributed by atoms with Crippen LogP contribution in [0.15, 0.2) is 53.6 Å². The van der Waals surface area contributed by atoms with Gasteiger partial charge in [0, 0.05) is 10.6 Å². The van der Waals surface area contributed by atoms with Gasteiger partial charge in [0.2, 0.25) is 0 Å². The molecule has 0 saturated carbocycles. The number of benzene rings is 1. The molecule has 0 amide bonds. The van der Waals surface area contributed by atoms with Crippen molar-refractivity contribution >= 4 is 17.4 Å². The van der Waals surface area contributed by atoms with Gasteiger partial charge in [-0.15, -0.1) is 11.8 Å². The van der Waals surface area contributed by atoms with E-state index in [0.717, 1.165) is 11.4 Å². The fourth-order valence-electron chi connectivity index (χ4n) is 1.20. The number of pyridine rings is 1. The molecule has 0 atom stereocenters. The molecule has 3 heteroatoms. The number of rotatable bonds is 3. The Labute approximate surface area is 93.5 Å². The number of thioether (sulfide) groups is 1. The maximum Gasteiger partial charge on any atom is 0.0507 e. The number of nitrogens with zero attached hydrogens (tertiary/aromatic N) is 1. The van der Waals surface area contributed by atoms with Crippen molar-refractivity contribution in [1.82, 2.24) is 4.98 Å². The van der Waals surface area contributed by atoms with Gasteiger partial charge >= 0.3 is 0 Å². The van der Waals surface area contributed by atoms with E-state index < -0.39 is 0 Å². The summed E-state index contributed by atoms with van der Waals surface area (Å²) in [5.74, 6) is 0.879. The second-order valence-electron chi connectivity index (χ2n) is 3.18. The number of nitrogens with two attached hydrogens (primary N) is 1. The molecule has 0 radical (unpaired) electrons. The lowest BCUT2D eigenvalue weighted by molar-refractivity contribution is 1.18. The fraction of sp³-hybridized carbons (Fsp3) is 0.0833. The average Bonchev–Trinajstić information content (AvgIpc) is 2.30. The smallest absolute Gasteiger partial charge is 0.0507 e. The van der Waals surface area contributed by atoms with Gasteiger partial charge in [0.1, 0.15) is 0 Å². The topological polar surface area (TPSA) is 38.9 Å². The summed E-state index contributed by atoms with van der Waals surface area (Å²) < 4.78 is 0. The Morgan fingerprint density at radius 3 is 2.53 bits per heavy atom. The number of aromatic nitrogens is 1. The van der Waals surface area contributed by atoms with Gasteiger partial charge in [-0.1, -0.05) is 18.2 Å². The van der Waals surface area contributed by atoms with E-state index in [-0.39, 0.29) is 0 Å². The Kier molecular flexibility index (Phi) is 3.25. The van der Waals surface area contributed by atoms with Crippen LogP contribution in [0.5, 0.6) is 0 Å². The van der Waals surface area contributed by atoms with Gasteiger partial charge in [0.15, 0.2) is 0 Å². The lowest BCUT2D eigenvalue weighted by Crippen LogP contribution is -1.89. The molecule has 0 spiro atoms. The monoisotopic (exact) mass is 216 g/mol. The van der Waals surface area contributed by atoms with Crippen LogP contribution < -0.4 is 5.73 Å². The Balaban J connectivity index is 1.96. The van der Waals surface area contributed by atoms with Crippen LogP contribution in [0.25, 0.3) is 0 Å². The molecule has 2 aromatic rings. The second kappa shape index (κ2) is 4.84. The Morgan fingerprint density at radius 2 is 1.87 bits per heavy atom. The molecule has 0 fully saturated rings. The van der Waals surface area contributed by atoms with Gasteiger partial charge in [-0.25, -0.2) is 0 Å². The third-order valence-electron chi connectivity index (χ3n) is 1.98. The predicted octanol–water partition coefficient (Wildman–Crippen LogP) is 2.96. The summed E-state index contributed by atoms with van der Waals surface area (Å²) in [5.41, 5.74) is 7.33. The summed E-state index contributed by atoms with van der Waals surface area (Å²) in [4.78, 5) is 5.51. The Hall–Kier alpha value is -1.48. The van der Waals surface area contributed by atoms with E-state index >= 15 is 0 Å². The fourth-order valence-corrected chi connectivity index (χ4v) is 2.03. The normalized spacial score (nSPS) is 10.1. The largest absolute Gasteiger partial charge is 0.397 e. The Bertz CT molecular complexity index is 411. The minimum Gasteiger partial charge on any atom is -0.397 e. The molecule has 0 saturated heterocycles. The Morgan fingerprint density at radius 1 is 1.07 bits per heavy atom. The van der Waals surface area contributed by atoms with Crippen LogP contribution in [0, 0.1) is 0 Å². The molecule has 0 aliphatic carbocycles. The molecule has 0 aliphatic heterocycles. The van der Waals surface area contributed by atoms with E-state index in [4.69, 9.17) is 5.73 Å². The van der Waals surface area contributed by atoms with E-state index in [1.165, 1.54) is 4.90 Å². The van der Waals surface area contributed by atoms with Crippen LogP contribution in [0.1, 0.15) is 5.69 Å². The van der Waals surface area contributed by atoms with Crippen molar-refractivity contribution in [1.29, 1.82) is 0 Å². The molecule has 2 rings (SSSR count). The third kappa shape index (κ3) is 2.99. The first-order valence-electron chi connectivity index (χ1n) is 4.73. The van der Waals surface area contributed by atoms with Gasteiger partial charge in [-0.3, -0.25) is 4.98 Å². The third-order valence-corrected chi connectivity index (χ3v) is 3.02. The highest BCUT2D eigenvalue weighted by Crippen LogP contribution is 2.21. The average molecular weight is 216 g/mol. The van der Waals surface area contributed by atoms with E-state index in [1.807, 2.05) is 30.3 Å². The summed E-state index contributed by atoms with van der Waals surface area (Å²) in [6.45, 7) is 0. The number of nitrogen functional groups attached to an aromatic ring is 1. The molecular weight excluding hydrogens is 204 g/mol.